The summed E-state index contributed by atoms with van der Waals surface area (Å²) in [6.45, 7) is 3.85. The lowest BCUT2D eigenvalue weighted by Gasteiger charge is -2.22. The van der Waals surface area contributed by atoms with E-state index in [0.29, 0.717) is 11.0 Å². The molecule has 1 atom stereocenters. The van der Waals surface area contributed by atoms with E-state index in [0.717, 1.165) is 40.6 Å². The molecule has 0 radical (unpaired) electrons. The fourth-order valence-corrected chi connectivity index (χ4v) is 4.91. The minimum atomic E-state index is -0.809. The Morgan fingerprint density at radius 2 is 2.00 bits per heavy atom. The van der Waals surface area contributed by atoms with Gasteiger partial charge in [0.25, 0.3) is 0 Å². The largest absolute Gasteiger partial charge is 0.360 e. The number of aryl methyl sites for hydroxylation is 1. The van der Waals surface area contributed by atoms with Gasteiger partial charge in [-0.05, 0) is 50.3 Å². The van der Waals surface area contributed by atoms with Crippen LogP contribution in [-0.4, -0.2) is 36.9 Å². The zero-order valence-corrected chi connectivity index (χ0v) is 19.3. The molecule has 0 spiro atoms. The van der Waals surface area contributed by atoms with Gasteiger partial charge in [0.2, 0.25) is 5.91 Å². The molecule has 2 aromatic carbocycles. The average molecular weight is 457 g/mol. The maximum atomic E-state index is 12.7. The van der Waals surface area contributed by atoms with Gasteiger partial charge in [0.05, 0.1) is 17.5 Å². The predicted molar refractivity (Wildman–Crippen MR) is 129 cm³/mol. The van der Waals surface area contributed by atoms with Gasteiger partial charge in [-0.2, -0.15) is 5.26 Å². The number of carbonyl (C=O) groups excluding carboxylic acids is 1. The minimum absolute atomic E-state index is 0.155. The number of thioether (sulfide) groups is 1. The smallest absolute Gasteiger partial charge is 0.231 e. The Morgan fingerprint density at radius 1 is 1.24 bits per heavy atom. The third-order valence-electron chi connectivity index (χ3n) is 6.18. The molecular weight excluding hydrogens is 432 g/mol. The number of hydrogen-bond acceptors (Lipinski definition) is 5. The van der Waals surface area contributed by atoms with Gasteiger partial charge < -0.3 is 10.3 Å². The number of nitrogens with zero attached hydrogens (tertiary/aromatic N) is 4. The summed E-state index contributed by atoms with van der Waals surface area (Å²) < 4.78 is 2.01. The number of para-hydroxylation sites is 2. The SMILES string of the molecule is Cc1ccccc1-n1c(SCC(=O)NC(C)(C#N)C2CC2)nnc1-c1c[nH]c2ccccc12. The van der Waals surface area contributed by atoms with Crippen molar-refractivity contribution in [2.45, 2.75) is 37.4 Å². The van der Waals surface area contributed by atoms with Crippen LogP contribution >= 0.6 is 11.8 Å². The van der Waals surface area contributed by atoms with Crippen LogP contribution in [0.25, 0.3) is 28.0 Å². The van der Waals surface area contributed by atoms with Crippen LogP contribution in [0.3, 0.4) is 0 Å². The summed E-state index contributed by atoms with van der Waals surface area (Å²) in [5, 5.41) is 23.1. The number of nitriles is 1. The van der Waals surface area contributed by atoms with Gasteiger partial charge in [0, 0.05) is 22.7 Å². The zero-order chi connectivity index (χ0) is 23.0. The van der Waals surface area contributed by atoms with Crippen molar-refractivity contribution in [1.82, 2.24) is 25.1 Å². The second kappa shape index (κ2) is 8.41. The number of rotatable bonds is 7. The van der Waals surface area contributed by atoms with Gasteiger partial charge in [-0.1, -0.05) is 48.2 Å². The van der Waals surface area contributed by atoms with Crippen molar-refractivity contribution in [3.63, 3.8) is 0 Å². The highest BCUT2D eigenvalue weighted by atomic mass is 32.2. The lowest BCUT2D eigenvalue weighted by molar-refractivity contribution is -0.119. The van der Waals surface area contributed by atoms with E-state index in [1.807, 2.05) is 60.2 Å². The summed E-state index contributed by atoms with van der Waals surface area (Å²) in [6.07, 6.45) is 3.90. The Labute approximate surface area is 196 Å². The first-order valence-corrected chi connectivity index (χ1v) is 11.9. The fraction of sp³-hybridized carbons (Fsp3) is 0.280. The monoisotopic (exact) mass is 456 g/mol. The molecule has 1 saturated carbocycles. The van der Waals surface area contributed by atoms with Crippen molar-refractivity contribution in [3.8, 4) is 23.1 Å². The number of amides is 1. The molecule has 4 aromatic rings. The third-order valence-corrected chi connectivity index (χ3v) is 7.11. The molecule has 1 unspecified atom stereocenters. The fourth-order valence-electron chi connectivity index (χ4n) is 4.16. The number of carbonyl (C=O) groups is 1. The molecule has 33 heavy (non-hydrogen) atoms. The molecule has 1 fully saturated rings. The van der Waals surface area contributed by atoms with E-state index in [1.54, 1.807) is 6.92 Å². The van der Waals surface area contributed by atoms with Crippen LogP contribution < -0.4 is 5.32 Å². The molecule has 1 amide bonds. The van der Waals surface area contributed by atoms with Crippen molar-refractivity contribution in [3.05, 3.63) is 60.3 Å². The molecule has 1 aliphatic carbocycles. The summed E-state index contributed by atoms with van der Waals surface area (Å²) >= 11 is 1.32. The quantitative estimate of drug-likeness (QED) is 0.395. The van der Waals surface area contributed by atoms with Crippen LogP contribution in [0.5, 0.6) is 0 Å². The van der Waals surface area contributed by atoms with Crippen molar-refractivity contribution in [2.75, 3.05) is 5.75 Å². The Hall–Kier alpha value is -3.57. The number of aromatic nitrogens is 4. The summed E-state index contributed by atoms with van der Waals surface area (Å²) in [5.41, 5.74) is 3.21. The second-order valence-electron chi connectivity index (χ2n) is 8.60. The molecule has 2 heterocycles. The standard InChI is InChI=1S/C25H24N6OS/c1-16-7-3-6-10-21(16)31-23(19-13-27-20-9-5-4-8-18(19)20)29-30-24(31)33-14-22(32)28-25(2,15-26)17-11-12-17/h3-10,13,17,27H,11-12,14H2,1-2H3,(H,28,32). The van der Waals surface area contributed by atoms with Crippen molar-refractivity contribution < 1.29 is 4.79 Å². The molecule has 5 rings (SSSR count). The lowest BCUT2D eigenvalue weighted by Crippen LogP contribution is -2.47. The van der Waals surface area contributed by atoms with Crippen LogP contribution in [0.2, 0.25) is 0 Å². The van der Waals surface area contributed by atoms with Crippen LogP contribution in [0, 0.1) is 24.2 Å². The van der Waals surface area contributed by atoms with E-state index in [9.17, 15) is 10.1 Å². The van der Waals surface area contributed by atoms with Crippen molar-refractivity contribution in [2.24, 2.45) is 5.92 Å². The number of aromatic amines is 1. The van der Waals surface area contributed by atoms with E-state index in [1.165, 1.54) is 11.8 Å². The van der Waals surface area contributed by atoms with Gasteiger partial charge >= 0.3 is 0 Å². The number of hydrogen-bond donors (Lipinski definition) is 2. The third kappa shape index (κ3) is 4.00. The number of H-pyrrole nitrogens is 1. The van der Waals surface area contributed by atoms with Crippen LogP contribution in [0.1, 0.15) is 25.3 Å². The van der Waals surface area contributed by atoms with Crippen LogP contribution in [0.15, 0.2) is 59.9 Å². The first kappa shape index (κ1) is 21.3. The maximum absolute atomic E-state index is 12.7. The van der Waals surface area contributed by atoms with Gasteiger partial charge in [-0.25, -0.2) is 0 Å². The highest BCUT2D eigenvalue weighted by molar-refractivity contribution is 7.99. The van der Waals surface area contributed by atoms with Crippen molar-refractivity contribution >= 4 is 28.6 Å². The molecule has 0 bridgehead atoms. The van der Waals surface area contributed by atoms with Crippen molar-refractivity contribution in [1.29, 1.82) is 5.26 Å². The Morgan fingerprint density at radius 3 is 2.76 bits per heavy atom. The summed E-state index contributed by atoms with van der Waals surface area (Å²) in [6, 6.07) is 18.4. The Kier molecular flexibility index (Phi) is 5.43. The first-order chi connectivity index (χ1) is 16.0. The molecule has 7 nitrogen and oxygen atoms in total. The van der Waals surface area contributed by atoms with Crippen LogP contribution in [0.4, 0.5) is 0 Å². The normalized spacial score (nSPS) is 15.2. The Balaban J connectivity index is 1.49. The number of nitrogens with one attached hydrogen (secondary N) is 2. The number of benzene rings is 2. The Bertz CT molecular complexity index is 1380. The van der Waals surface area contributed by atoms with Gasteiger partial charge in [-0.15, -0.1) is 10.2 Å². The maximum Gasteiger partial charge on any atom is 0.231 e. The molecule has 1 aliphatic rings. The van der Waals surface area contributed by atoms with Crippen LogP contribution in [-0.2, 0) is 4.79 Å². The van der Waals surface area contributed by atoms with Gasteiger partial charge in [-0.3, -0.25) is 9.36 Å². The topological polar surface area (TPSA) is 99.4 Å². The molecule has 0 aliphatic heterocycles. The molecule has 2 aromatic heterocycles. The van der Waals surface area contributed by atoms with Gasteiger partial charge in [0.15, 0.2) is 11.0 Å². The molecule has 8 heteroatoms. The van der Waals surface area contributed by atoms with E-state index in [4.69, 9.17) is 0 Å². The summed E-state index contributed by atoms with van der Waals surface area (Å²) in [5.74, 6) is 0.927. The molecule has 2 N–H and O–H groups in total. The number of fused-ring (bicyclic) bond motifs is 1. The minimum Gasteiger partial charge on any atom is -0.360 e. The average Bonchev–Trinajstić information content (AvgIpc) is 3.48. The summed E-state index contributed by atoms with van der Waals surface area (Å²) in [4.78, 5) is 16.0. The van der Waals surface area contributed by atoms with Gasteiger partial charge in [0.1, 0.15) is 5.54 Å². The van der Waals surface area contributed by atoms with E-state index in [2.05, 4.69) is 32.6 Å². The van der Waals surface area contributed by atoms with E-state index < -0.39 is 5.54 Å². The summed E-state index contributed by atoms with van der Waals surface area (Å²) in [7, 11) is 0. The highest BCUT2D eigenvalue weighted by Crippen LogP contribution is 2.39. The molecular formula is C25H24N6OS. The van der Waals surface area contributed by atoms with E-state index in [-0.39, 0.29) is 17.6 Å². The lowest BCUT2D eigenvalue weighted by atomic mass is 9.98. The molecule has 166 valence electrons. The predicted octanol–water partition coefficient (Wildman–Crippen LogP) is 4.62. The molecule has 0 saturated heterocycles. The zero-order valence-electron chi connectivity index (χ0n) is 18.5. The van der Waals surface area contributed by atoms with E-state index >= 15 is 0 Å². The highest BCUT2D eigenvalue weighted by Gasteiger charge is 2.43. The second-order valence-corrected chi connectivity index (χ2v) is 9.54. The first-order valence-electron chi connectivity index (χ1n) is 10.9.